The minimum atomic E-state index is -0.394. The van der Waals surface area contributed by atoms with Crippen LogP contribution in [0, 0.1) is 0 Å². The molecule has 0 saturated carbocycles. The van der Waals surface area contributed by atoms with Crippen LogP contribution in [0.15, 0.2) is 35.3 Å². The summed E-state index contributed by atoms with van der Waals surface area (Å²) in [6.07, 6.45) is 0.153. The number of para-hydroxylation sites is 1. The predicted molar refractivity (Wildman–Crippen MR) is 86.4 cm³/mol. The molecule has 1 saturated heterocycles. The number of rotatable bonds is 4. The van der Waals surface area contributed by atoms with Crippen molar-refractivity contribution in [3.8, 4) is 0 Å². The van der Waals surface area contributed by atoms with E-state index in [1.807, 2.05) is 44.2 Å². The van der Waals surface area contributed by atoms with E-state index in [9.17, 15) is 9.59 Å². The molecule has 2 rings (SSSR count). The fourth-order valence-corrected chi connectivity index (χ4v) is 3.37. The summed E-state index contributed by atoms with van der Waals surface area (Å²) in [5.74, 6) is -0.202. The third-order valence-corrected chi connectivity index (χ3v) is 4.35. The Labute approximate surface area is 128 Å². The third kappa shape index (κ3) is 3.64. The highest BCUT2D eigenvalue weighted by molar-refractivity contribution is 8.15. The van der Waals surface area contributed by atoms with Crippen molar-refractivity contribution < 1.29 is 9.59 Å². The van der Waals surface area contributed by atoms with E-state index in [4.69, 9.17) is 0 Å². The van der Waals surface area contributed by atoms with Gasteiger partial charge in [0.2, 0.25) is 11.8 Å². The van der Waals surface area contributed by atoms with Crippen LogP contribution in [0.1, 0.15) is 20.3 Å². The first-order chi connectivity index (χ1) is 10.0. The number of amides is 2. The lowest BCUT2D eigenvalue weighted by atomic mass is 10.2. The van der Waals surface area contributed by atoms with Gasteiger partial charge in [-0.3, -0.25) is 19.5 Å². The van der Waals surface area contributed by atoms with E-state index in [0.717, 1.165) is 5.69 Å². The maximum absolute atomic E-state index is 12.3. The molecule has 1 fully saturated rings. The normalized spacial score (nSPS) is 20.4. The van der Waals surface area contributed by atoms with Crippen molar-refractivity contribution >= 4 is 34.4 Å². The molecule has 1 heterocycles. The number of hydrogen-bond acceptors (Lipinski definition) is 4. The van der Waals surface area contributed by atoms with Crippen LogP contribution in [0.2, 0.25) is 0 Å². The summed E-state index contributed by atoms with van der Waals surface area (Å²) in [6.45, 7) is 3.88. The highest BCUT2D eigenvalue weighted by atomic mass is 32.2. The van der Waals surface area contributed by atoms with E-state index in [1.54, 1.807) is 11.9 Å². The van der Waals surface area contributed by atoms with Crippen LogP contribution in [0.4, 0.5) is 5.69 Å². The van der Waals surface area contributed by atoms with Crippen LogP contribution in [0.5, 0.6) is 0 Å². The Morgan fingerprint density at radius 3 is 2.57 bits per heavy atom. The van der Waals surface area contributed by atoms with Gasteiger partial charge in [0.05, 0.1) is 0 Å². The SMILES string of the molecule is CN=C1S[C@H](CC(=O)Nc2ccccc2)C(=O)N1C(C)C. The molecule has 21 heavy (non-hydrogen) atoms. The molecule has 1 aliphatic heterocycles. The van der Waals surface area contributed by atoms with E-state index in [2.05, 4.69) is 10.3 Å². The standard InChI is InChI=1S/C15H19N3O2S/c1-10(2)18-14(20)12(21-15(18)16-3)9-13(19)17-11-7-5-4-6-8-11/h4-8,10,12H,9H2,1-3H3,(H,17,19)/t12-/m1/s1. The predicted octanol–water partition coefficient (Wildman–Crippen LogP) is 2.35. The monoisotopic (exact) mass is 305 g/mol. The van der Waals surface area contributed by atoms with Crippen molar-refractivity contribution in [3.63, 3.8) is 0 Å². The van der Waals surface area contributed by atoms with Gasteiger partial charge in [0.15, 0.2) is 5.17 Å². The Hall–Kier alpha value is -1.82. The van der Waals surface area contributed by atoms with Gasteiger partial charge in [0.1, 0.15) is 5.25 Å². The number of anilines is 1. The number of thioether (sulfide) groups is 1. The molecule has 1 atom stereocenters. The lowest BCUT2D eigenvalue weighted by Gasteiger charge is -2.20. The molecule has 6 heteroatoms. The van der Waals surface area contributed by atoms with Crippen LogP contribution in [-0.4, -0.2) is 40.2 Å². The number of carbonyl (C=O) groups excluding carboxylic acids is 2. The Balaban J connectivity index is 2.00. The quantitative estimate of drug-likeness (QED) is 0.929. The van der Waals surface area contributed by atoms with Gasteiger partial charge in [0, 0.05) is 25.2 Å². The minimum Gasteiger partial charge on any atom is -0.326 e. The zero-order chi connectivity index (χ0) is 15.4. The second-order valence-corrected chi connectivity index (χ2v) is 6.20. The van der Waals surface area contributed by atoms with Crippen molar-refractivity contribution in [2.45, 2.75) is 31.6 Å². The second-order valence-electron chi connectivity index (χ2n) is 5.03. The molecule has 0 bridgehead atoms. The van der Waals surface area contributed by atoms with E-state index >= 15 is 0 Å². The van der Waals surface area contributed by atoms with Crippen LogP contribution in [-0.2, 0) is 9.59 Å². The number of carbonyl (C=O) groups is 2. The minimum absolute atomic E-state index is 0.0428. The lowest BCUT2D eigenvalue weighted by molar-refractivity contribution is -0.129. The molecular formula is C15H19N3O2S. The smallest absolute Gasteiger partial charge is 0.242 e. The van der Waals surface area contributed by atoms with Crippen LogP contribution in [0.3, 0.4) is 0 Å². The van der Waals surface area contributed by atoms with E-state index in [1.165, 1.54) is 11.8 Å². The summed E-state index contributed by atoms with van der Waals surface area (Å²) < 4.78 is 0. The number of hydrogen-bond donors (Lipinski definition) is 1. The molecule has 1 aliphatic rings. The van der Waals surface area contributed by atoms with Crippen molar-refractivity contribution in [1.29, 1.82) is 0 Å². The average molecular weight is 305 g/mol. The molecule has 0 radical (unpaired) electrons. The molecule has 5 nitrogen and oxygen atoms in total. The van der Waals surface area contributed by atoms with Crippen LogP contribution >= 0.6 is 11.8 Å². The Kier molecular flexibility index (Phi) is 5.01. The van der Waals surface area contributed by atoms with Crippen molar-refractivity contribution in [3.05, 3.63) is 30.3 Å². The van der Waals surface area contributed by atoms with E-state index in [0.29, 0.717) is 5.17 Å². The van der Waals surface area contributed by atoms with Crippen molar-refractivity contribution in [1.82, 2.24) is 4.90 Å². The fraction of sp³-hybridized carbons (Fsp3) is 0.400. The van der Waals surface area contributed by atoms with Gasteiger partial charge in [-0.1, -0.05) is 30.0 Å². The highest BCUT2D eigenvalue weighted by Crippen LogP contribution is 2.31. The van der Waals surface area contributed by atoms with Crippen LogP contribution in [0.25, 0.3) is 0 Å². The largest absolute Gasteiger partial charge is 0.326 e. The second kappa shape index (κ2) is 6.76. The van der Waals surface area contributed by atoms with E-state index < -0.39 is 5.25 Å². The van der Waals surface area contributed by atoms with Crippen LogP contribution < -0.4 is 5.32 Å². The summed E-state index contributed by atoms with van der Waals surface area (Å²) in [7, 11) is 1.66. The summed E-state index contributed by atoms with van der Waals surface area (Å²) in [4.78, 5) is 30.2. The number of amidine groups is 1. The Morgan fingerprint density at radius 2 is 2.05 bits per heavy atom. The molecule has 112 valence electrons. The van der Waals surface area contributed by atoms with Gasteiger partial charge in [-0.15, -0.1) is 0 Å². The first-order valence-corrected chi connectivity index (χ1v) is 7.72. The third-order valence-electron chi connectivity index (χ3n) is 3.10. The maximum Gasteiger partial charge on any atom is 0.242 e. The summed E-state index contributed by atoms with van der Waals surface area (Å²) in [5.41, 5.74) is 0.739. The zero-order valence-corrected chi connectivity index (χ0v) is 13.2. The van der Waals surface area contributed by atoms with Crippen molar-refractivity contribution in [2.75, 3.05) is 12.4 Å². The summed E-state index contributed by atoms with van der Waals surface area (Å²) in [5, 5.41) is 3.10. The van der Waals surface area contributed by atoms with Gasteiger partial charge >= 0.3 is 0 Å². The van der Waals surface area contributed by atoms with Gasteiger partial charge in [-0.05, 0) is 26.0 Å². The number of aliphatic imine (C=N–C) groups is 1. The molecule has 1 aromatic carbocycles. The number of nitrogens with one attached hydrogen (secondary N) is 1. The molecule has 1 N–H and O–H groups in total. The van der Waals surface area contributed by atoms with Gasteiger partial charge < -0.3 is 5.32 Å². The Morgan fingerprint density at radius 1 is 1.38 bits per heavy atom. The molecule has 0 spiro atoms. The Bertz CT molecular complexity index is 557. The van der Waals surface area contributed by atoms with E-state index in [-0.39, 0.29) is 24.3 Å². The average Bonchev–Trinajstić information content (AvgIpc) is 2.76. The van der Waals surface area contributed by atoms with Crippen molar-refractivity contribution in [2.24, 2.45) is 4.99 Å². The molecule has 2 amide bonds. The first-order valence-electron chi connectivity index (χ1n) is 6.84. The molecule has 0 unspecified atom stereocenters. The maximum atomic E-state index is 12.3. The topological polar surface area (TPSA) is 61.8 Å². The fourth-order valence-electron chi connectivity index (χ4n) is 2.15. The molecule has 0 aromatic heterocycles. The number of benzene rings is 1. The summed E-state index contributed by atoms with van der Waals surface area (Å²) in [6, 6.07) is 9.28. The zero-order valence-electron chi connectivity index (χ0n) is 12.4. The molecule has 1 aromatic rings. The highest BCUT2D eigenvalue weighted by Gasteiger charge is 2.39. The first kappa shape index (κ1) is 15.6. The molecule has 0 aliphatic carbocycles. The molecular weight excluding hydrogens is 286 g/mol. The van der Waals surface area contributed by atoms with Gasteiger partial charge in [-0.2, -0.15) is 0 Å². The summed E-state index contributed by atoms with van der Waals surface area (Å²) >= 11 is 1.36. The number of nitrogens with zero attached hydrogens (tertiary/aromatic N) is 2. The lowest BCUT2D eigenvalue weighted by Crippen LogP contribution is -2.38. The van der Waals surface area contributed by atoms with Gasteiger partial charge in [0.25, 0.3) is 0 Å². The van der Waals surface area contributed by atoms with Gasteiger partial charge in [-0.25, -0.2) is 0 Å².